The van der Waals surface area contributed by atoms with Gasteiger partial charge < -0.3 is 14.6 Å². The highest BCUT2D eigenvalue weighted by atomic mass is 35.5. The van der Waals surface area contributed by atoms with Crippen LogP contribution in [0.15, 0.2) is 36.8 Å². The summed E-state index contributed by atoms with van der Waals surface area (Å²) in [5.41, 5.74) is 2.07. The summed E-state index contributed by atoms with van der Waals surface area (Å²) in [5, 5.41) is 21.9. The molecule has 0 aliphatic carbocycles. The summed E-state index contributed by atoms with van der Waals surface area (Å²) in [6.07, 6.45) is 6.33. The number of aromatic nitrogens is 3. The first-order valence-corrected chi connectivity index (χ1v) is 9.35. The van der Waals surface area contributed by atoms with Crippen molar-refractivity contribution in [2.24, 2.45) is 13.0 Å². The zero-order valence-corrected chi connectivity index (χ0v) is 15.8. The number of aryl methyl sites for hydroxylation is 1. The third-order valence-electron chi connectivity index (χ3n) is 5.28. The van der Waals surface area contributed by atoms with Crippen molar-refractivity contribution in [1.82, 2.24) is 14.5 Å². The summed E-state index contributed by atoms with van der Waals surface area (Å²) in [6.45, 7) is 1.47. The third-order valence-corrected chi connectivity index (χ3v) is 5.59. The monoisotopic (exact) mass is 381 g/mol. The molecule has 27 heavy (non-hydrogen) atoms. The summed E-state index contributed by atoms with van der Waals surface area (Å²) in [5.74, 6) is 0.707. The molecule has 0 bridgehead atoms. The van der Waals surface area contributed by atoms with Crippen molar-refractivity contribution in [3.63, 3.8) is 0 Å². The lowest BCUT2D eigenvalue weighted by atomic mass is 9.91. The van der Waals surface area contributed by atoms with Gasteiger partial charge in [-0.25, -0.2) is 4.98 Å². The second kappa shape index (κ2) is 7.18. The molecule has 1 aliphatic heterocycles. The molecule has 1 aromatic carbocycles. The minimum Gasteiger partial charge on any atom is -0.385 e. The van der Waals surface area contributed by atoms with Crippen molar-refractivity contribution < 1.29 is 5.11 Å². The van der Waals surface area contributed by atoms with Gasteiger partial charge >= 0.3 is 0 Å². The molecular weight excluding hydrogens is 362 g/mol. The van der Waals surface area contributed by atoms with Crippen LogP contribution in [0.3, 0.4) is 0 Å². The summed E-state index contributed by atoms with van der Waals surface area (Å²) < 4.78 is 1.85. The Morgan fingerprint density at radius 2 is 2.22 bits per heavy atom. The number of pyridine rings is 1. The second-order valence-corrected chi connectivity index (χ2v) is 7.36. The second-order valence-electron chi connectivity index (χ2n) is 6.96. The molecule has 0 spiro atoms. The van der Waals surface area contributed by atoms with Crippen LogP contribution in [0, 0.1) is 17.2 Å². The molecule has 1 saturated heterocycles. The van der Waals surface area contributed by atoms with E-state index in [0.717, 1.165) is 30.5 Å². The van der Waals surface area contributed by atoms with E-state index in [9.17, 15) is 10.4 Å². The van der Waals surface area contributed by atoms with Gasteiger partial charge in [-0.1, -0.05) is 23.7 Å². The molecule has 4 rings (SSSR count). The maximum atomic E-state index is 10.9. The number of para-hydroxylation sites is 1. The molecule has 0 saturated carbocycles. The minimum atomic E-state index is -0.643. The molecule has 138 valence electrons. The average molecular weight is 382 g/mol. The number of halogens is 1. The quantitative estimate of drug-likeness (QED) is 0.751. The summed E-state index contributed by atoms with van der Waals surface area (Å²) in [7, 11) is 1.89. The van der Waals surface area contributed by atoms with Gasteiger partial charge in [0, 0.05) is 50.0 Å². The molecule has 0 radical (unpaired) electrons. The van der Waals surface area contributed by atoms with Crippen LogP contribution >= 0.6 is 11.6 Å². The molecule has 3 heterocycles. The number of piperidine rings is 1. The first-order chi connectivity index (χ1) is 13.1. The van der Waals surface area contributed by atoms with Crippen molar-refractivity contribution in [3.05, 3.63) is 53.2 Å². The number of hydrogen-bond donors (Lipinski definition) is 1. The van der Waals surface area contributed by atoms with Gasteiger partial charge in [0.15, 0.2) is 0 Å². The molecule has 2 unspecified atom stereocenters. The first kappa shape index (κ1) is 17.8. The zero-order valence-electron chi connectivity index (χ0n) is 15.0. The summed E-state index contributed by atoms with van der Waals surface area (Å²) in [6, 6.07) is 7.88. The third kappa shape index (κ3) is 3.14. The Bertz CT molecular complexity index is 1020. The van der Waals surface area contributed by atoms with Crippen LogP contribution < -0.4 is 4.90 Å². The van der Waals surface area contributed by atoms with E-state index in [1.807, 2.05) is 29.9 Å². The maximum absolute atomic E-state index is 10.9. The molecule has 0 amide bonds. The number of fused-ring (bicyclic) bond motifs is 1. The molecule has 1 fully saturated rings. The molecule has 1 N–H and O–H groups in total. The Morgan fingerprint density at radius 3 is 2.96 bits per heavy atom. The van der Waals surface area contributed by atoms with Gasteiger partial charge in [-0.05, 0) is 18.9 Å². The number of hydrogen-bond acceptors (Lipinski definition) is 5. The normalized spacial score (nSPS) is 18.4. The Hall–Kier alpha value is -2.62. The van der Waals surface area contributed by atoms with Gasteiger partial charge in [0.05, 0.1) is 21.8 Å². The lowest BCUT2D eigenvalue weighted by Gasteiger charge is -2.37. The van der Waals surface area contributed by atoms with Gasteiger partial charge in [-0.3, -0.25) is 4.98 Å². The van der Waals surface area contributed by atoms with Crippen LogP contribution in [0.25, 0.3) is 10.9 Å². The van der Waals surface area contributed by atoms with E-state index >= 15 is 0 Å². The number of imidazole rings is 1. The van der Waals surface area contributed by atoms with E-state index < -0.39 is 6.10 Å². The minimum absolute atomic E-state index is 0.0359. The van der Waals surface area contributed by atoms with Crippen LogP contribution in [0.2, 0.25) is 5.02 Å². The van der Waals surface area contributed by atoms with E-state index in [2.05, 4.69) is 20.9 Å². The van der Waals surface area contributed by atoms with Gasteiger partial charge in [-0.15, -0.1) is 0 Å². The van der Waals surface area contributed by atoms with Gasteiger partial charge in [0.2, 0.25) is 0 Å². The van der Waals surface area contributed by atoms with Crippen LogP contribution in [0.5, 0.6) is 0 Å². The number of nitrogens with zero attached hydrogens (tertiary/aromatic N) is 5. The summed E-state index contributed by atoms with van der Waals surface area (Å²) in [4.78, 5) is 10.8. The fourth-order valence-electron chi connectivity index (χ4n) is 3.94. The van der Waals surface area contributed by atoms with Gasteiger partial charge in [0.1, 0.15) is 18.0 Å². The predicted octanol–water partition coefficient (Wildman–Crippen LogP) is 3.44. The molecule has 6 nitrogen and oxygen atoms in total. The lowest BCUT2D eigenvalue weighted by Crippen LogP contribution is -2.39. The highest BCUT2D eigenvalue weighted by molar-refractivity contribution is 6.35. The number of rotatable bonds is 3. The molecule has 1 aliphatic rings. The van der Waals surface area contributed by atoms with Gasteiger partial charge in [0.25, 0.3) is 0 Å². The van der Waals surface area contributed by atoms with Crippen molar-refractivity contribution in [3.8, 4) is 6.07 Å². The maximum Gasteiger partial charge on any atom is 0.137 e. The summed E-state index contributed by atoms with van der Waals surface area (Å²) >= 11 is 6.31. The standard InChI is InChI=1S/C20H20ClN5O/c1-25-9-7-23-20(25)19(27)13-4-3-8-26(12-13)18-14(10-22)11-24-17-15(18)5-2-6-16(17)21/h2,5-7,9,11,13,19,27H,3-4,8,12H2,1H3. The Labute approximate surface area is 162 Å². The number of nitriles is 1. The first-order valence-electron chi connectivity index (χ1n) is 8.97. The lowest BCUT2D eigenvalue weighted by molar-refractivity contribution is 0.0875. The largest absolute Gasteiger partial charge is 0.385 e. The molecule has 3 aromatic rings. The number of benzene rings is 1. The van der Waals surface area contributed by atoms with Crippen molar-refractivity contribution in [1.29, 1.82) is 5.26 Å². The Balaban J connectivity index is 1.72. The van der Waals surface area contributed by atoms with Crippen molar-refractivity contribution in [2.75, 3.05) is 18.0 Å². The van der Waals surface area contributed by atoms with E-state index in [1.54, 1.807) is 18.5 Å². The zero-order chi connectivity index (χ0) is 19.0. The smallest absolute Gasteiger partial charge is 0.137 e. The SMILES string of the molecule is Cn1ccnc1C(O)C1CCCN(c2c(C#N)cnc3c(Cl)cccc23)C1. The average Bonchev–Trinajstić information content (AvgIpc) is 3.12. The van der Waals surface area contributed by atoms with Crippen LogP contribution in [-0.4, -0.2) is 32.7 Å². The molecular formula is C20H20ClN5O. The van der Waals surface area contributed by atoms with Crippen molar-refractivity contribution >= 4 is 28.2 Å². The molecule has 2 aromatic heterocycles. The fourth-order valence-corrected chi connectivity index (χ4v) is 4.16. The number of aliphatic hydroxyl groups is 1. The van der Waals surface area contributed by atoms with Gasteiger partial charge in [-0.2, -0.15) is 5.26 Å². The fraction of sp³-hybridized carbons (Fsp3) is 0.350. The number of aliphatic hydroxyl groups excluding tert-OH is 1. The van der Waals surface area contributed by atoms with E-state index in [4.69, 9.17) is 11.6 Å². The van der Waals surface area contributed by atoms with E-state index in [1.165, 1.54) is 0 Å². The van der Waals surface area contributed by atoms with Crippen LogP contribution in [-0.2, 0) is 7.05 Å². The topological polar surface area (TPSA) is 78.0 Å². The van der Waals surface area contributed by atoms with Crippen LogP contribution in [0.4, 0.5) is 5.69 Å². The number of anilines is 1. The Morgan fingerprint density at radius 1 is 1.37 bits per heavy atom. The molecule has 7 heteroatoms. The van der Waals surface area contributed by atoms with Crippen LogP contribution in [0.1, 0.15) is 30.3 Å². The van der Waals surface area contributed by atoms with E-state index in [-0.39, 0.29) is 5.92 Å². The Kier molecular flexibility index (Phi) is 4.73. The predicted molar refractivity (Wildman–Crippen MR) is 105 cm³/mol. The highest BCUT2D eigenvalue weighted by Crippen LogP contribution is 2.37. The highest BCUT2D eigenvalue weighted by Gasteiger charge is 2.31. The van der Waals surface area contributed by atoms with Crippen molar-refractivity contribution in [2.45, 2.75) is 18.9 Å². The molecule has 2 atom stereocenters. The van der Waals surface area contributed by atoms with E-state index in [0.29, 0.717) is 28.5 Å².